The molecule has 1 aromatic heterocycles. The average molecular weight is 344 g/mol. The number of hydrogen-bond acceptors (Lipinski definition) is 5. The smallest absolute Gasteiger partial charge is 0.251 e. The van der Waals surface area contributed by atoms with Gasteiger partial charge in [-0.25, -0.2) is 4.98 Å². The number of piperazine rings is 1. The molecule has 1 amide bonds. The van der Waals surface area contributed by atoms with Crippen LogP contribution in [0.3, 0.4) is 0 Å². The van der Waals surface area contributed by atoms with Crippen molar-refractivity contribution in [2.75, 3.05) is 33.2 Å². The second-order valence-corrected chi connectivity index (χ2v) is 7.27. The van der Waals surface area contributed by atoms with Gasteiger partial charge in [0.1, 0.15) is 5.01 Å². The van der Waals surface area contributed by atoms with Gasteiger partial charge in [0.05, 0.1) is 6.04 Å². The summed E-state index contributed by atoms with van der Waals surface area (Å²) in [5.41, 5.74) is 1.90. The Morgan fingerprint density at radius 3 is 2.83 bits per heavy atom. The molecule has 5 nitrogen and oxygen atoms in total. The number of thiazole rings is 1. The van der Waals surface area contributed by atoms with Gasteiger partial charge < -0.3 is 10.2 Å². The third kappa shape index (κ3) is 4.41. The van der Waals surface area contributed by atoms with E-state index in [0.717, 1.165) is 37.7 Å². The summed E-state index contributed by atoms with van der Waals surface area (Å²) >= 11 is 1.56. The number of aromatic nitrogens is 1. The Balaban J connectivity index is 1.61. The van der Waals surface area contributed by atoms with Crippen molar-refractivity contribution in [3.8, 4) is 0 Å². The van der Waals surface area contributed by atoms with E-state index < -0.39 is 0 Å². The maximum atomic E-state index is 12.5. The molecule has 0 aliphatic carbocycles. The molecule has 6 heteroatoms. The molecular formula is C18H24N4OS. The summed E-state index contributed by atoms with van der Waals surface area (Å²) in [4.78, 5) is 21.5. The van der Waals surface area contributed by atoms with Gasteiger partial charge in [0.25, 0.3) is 5.91 Å². The maximum absolute atomic E-state index is 12.5. The van der Waals surface area contributed by atoms with Crippen molar-refractivity contribution in [1.82, 2.24) is 20.1 Å². The largest absolute Gasteiger partial charge is 0.343 e. The van der Waals surface area contributed by atoms with E-state index in [1.54, 1.807) is 17.5 Å². The van der Waals surface area contributed by atoms with Crippen LogP contribution in [0.4, 0.5) is 0 Å². The van der Waals surface area contributed by atoms with E-state index in [2.05, 4.69) is 33.2 Å². The first-order valence-electron chi connectivity index (χ1n) is 8.32. The molecule has 1 fully saturated rings. The lowest BCUT2D eigenvalue weighted by atomic mass is 10.1. The average Bonchev–Trinajstić information content (AvgIpc) is 3.12. The molecule has 0 radical (unpaired) electrons. The summed E-state index contributed by atoms with van der Waals surface area (Å²) in [5, 5.41) is 5.88. The zero-order valence-corrected chi connectivity index (χ0v) is 15.1. The summed E-state index contributed by atoms with van der Waals surface area (Å²) in [5.74, 6) is -0.0436. The van der Waals surface area contributed by atoms with Crippen LogP contribution in [0.5, 0.6) is 0 Å². The molecule has 24 heavy (non-hydrogen) atoms. The van der Waals surface area contributed by atoms with Gasteiger partial charge in [-0.3, -0.25) is 9.69 Å². The van der Waals surface area contributed by atoms with Crippen LogP contribution in [-0.4, -0.2) is 53.9 Å². The molecular weight excluding hydrogens is 320 g/mol. The summed E-state index contributed by atoms with van der Waals surface area (Å²) < 4.78 is 0. The molecule has 2 aromatic rings. The van der Waals surface area contributed by atoms with E-state index >= 15 is 0 Å². The first kappa shape index (κ1) is 17.1. The van der Waals surface area contributed by atoms with Gasteiger partial charge in [0, 0.05) is 49.9 Å². The summed E-state index contributed by atoms with van der Waals surface area (Å²) in [6.45, 7) is 7.22. The predicted molar refractivity (Wildman–Crippen MR) is 97.2 cm³/mol. The highest BCUT2D eigenvalue weighted by Gasteiger charge is 2.16. The maximum Gasteiger partial charge on any atom is 0.251 e. The van der Waals surface area contributed by atoms with E-state index in [1.165, 1.54) is 5.56 Å². The molecule has 1 saturated heterocycles. The Bertz CT molecular complexity index is 665. The number of carbonyl (C=O) groups is 1. The highest BCUT2D eigenvalue weighted by molar-refractivity contribution is 7.09. The van der Waals surface area contributed by atoms with Crippen molar-refractivity contribution in [2.45, 2.75) is 19.5 Å². The van der Waals surface area contributed by atoms with Crippen molar-refractivity contribution < 1.29 is 4.79 Å². The molecule has 1 N–H and O–H groups in total. The minimum Gasteiger partial charge on any atom is -0.343 e. The fourth-order valence-electron chi connectivity index (χ4n) is 2.87. The van der Waals surface area contributed by atoms with E-state index in [9.17, 15) is 4.79 Å². The van der Waals surface area contributed by atoms with Gasteiger partial charge in [-0.05, 0) is 31.7 Å². The van der Waals surface area contributed by atoms with E-state index in [4.69, 9.17) is 0 Å². The fraction of sp³-hybridized carbons (Fsp3) is 0.444. The second-order valence-electron chi connectivity index (χ2n) is 6.35. The zero-order valence-electron chi connectivity index (χ0n) is 14.2. The normalized spacial score (nSPS) is 17.6. The van der Waals surface area contributed by atoms with E-state index in [0.29, 0.717) is 5.56 Å². The molecule has 1 aliphatic heterocycles. The Morgan fingerprint density at radius 2 is 2.12 bits per heavy atom. The van der Waals surface area contributed by atoms with Crippen molar-refractivity contribution in [3.63, 3.8) is 0 Å². The number of carbonyl (C=O) groups excluding carboxylic acids is 1. The summed E-state index contributed by atoms with van der Waals surface area (Å²) in [7, 11) is 2.16. The number of nitrogens with one attached hydrogen (secondary N) is 1. The van der Waals surface area contributed by atoms with Crippen LogP contribution < -0.4 is 5.32 Å². The summed E-state index contributed by atoms with van der Waals surface area (Å²) in [6.07, 6.45) is 1.76. The van der Waals surface area contributed by atoms with Crippen LogP contribution in [-0.2, 0) is 6.54 Å². The van der Waals surface area contributed by atoms with Crippen molar-refractivity contribution in [3.05, 3.63) is 52.0 Å². The predicted octanol–water partition coefficient (Wildman–Crippen LogP) is 2.38. The third-order valence-electron chi connectivity index (χ3n) is 4.36. The quantitative estimate of drug-likeness (QED) is 0.905. The minimum atomic E-state index is -0.0706. The van der Waals surface area contributed by atoms with Crippen molar-refractivity contribution in [2.24, 2.45) is 0 Å². The number of hydrogen-bond donors (Lipinski definition) is 1. The standard InChI is InChI=1S/C18H24N4OS/c1-14(18-19-6-11-24-18)20-17(23)16-5-3-4-15(12-16)13-22-9-7-21(2)8-10-22/h3-6,11-12,14H,7-10,13H2,1-2H3,(H,20,23)/t14-/m0/s1. The summed E-state index contributed by atoms with van der Waals surface area (Å²) in [6, 6.07) is 7.87. The Morgan fingerprint density at radius 1 is 1.33 bits per heavy atom. The van der Waals surface area contributed by atoms with Crippen LogP contribution in [0, 0.1) is 0 Å². The van der Waals surface area contributed by atoms with E-state index in [1.807, 2.05) is 30.5 Å². The first-order chi connectivity index (χ1) is 11.6. The number of rotatable bonds is 5. The van der Waals surface area contributed by atoms with Crippen LogP contribution in [0.15, 0.2) is 35.8 Å². The molecule has 1 atom stereocenters. The molecule has 0 saturated carbocycles. The molecule has 0 bridgehead atoms. The second kappa shape index (κ2) is 7.88. The van der Waals surface area contributed by atoms with Gasteiger partial charge >= 0.3 is 0 Å². The van der Waals surface area contributed by atoms with Crippen molar-refractivity contribution in [1.29, 1.82) is 0 Å². The molecule has 0 unspecified atom stereocenters. The fourth-order valence-corrected chi connectivity index (χ4v) is 3.51. The minimum absolute atomic E-state index is 0.0436. The van der Waals surface area contributed by atoms with Crippen LogP contribution in [0.1, 0.15) is 33.9 Å². The van der Waals surface area contributed by atoms with Gasteiger partial charge in [-0.2, -0.15) is 0 Å². The zero-order chi connectivity index (χ0) is 16.9. The number of likely N-dealkylation sites (N-methyl/N-ethyl adjacent to an activating group) is 1. The van der Waals surface area contributed by atoms with Gasteiger partial charge in [-0.1, -0.05) is 12.1 Å². The lowest BCUT2D eigenvalue weighted by Crippen LogP contribution is -2.43. The van der Waals surface area contributed by atoms with E-state index in [-0.39, 0.29) is 11.9 Å². The third-order valence-corrected chi connectivity index (χ3v) is 5.32. The number of benzene rings is 1. The number of nitrogens with zero attached hydrogens (tertiary/aromatic N) is 3. The molecule has 1 aliphatic rings. The molecule has 128 valence electrons. The Kier molecular flexibility index (Phi) is 5.60. The molecule has 0 spiro atoms. The SMILES string of the molecule is C[C@H](NC(=O)c1cccc(CN2CCN(C)CC2)c1)c1nccs1. The Hall–Kier alpha value is -1.76. The molecule has 2 heterocycles. The molecule has 3 rings (SSSR count). The topological polar surface area (TPSA) is 48.5 Å². The van der Waals surface area contributed by atoms with Gasteiger partial charge in [0.15, 0.2) is 0 Å². The van der Waals surface area contributed by atoms with Gasteiger partial charge in [-0.15, -0.1) is 11.3 Å². The van der Waals surface area contributed by atoms with Crippen LogP contribution >= 0.6 is 11.3 Å². The van der Waals surface area contributed by atoms with Crippen molar-refractivity contribution >= 4 is 17.2 Å². The lowest BCUT2D eigenvalue weighted by Gasteiger charge is -2.32. The molecule has 1 aromatic carbocycles. The monoisotopic (exact) mass is 344 g/mol. The first-order valence-corrected chi connectivity index (χ1v) is 9.20. The highest BCUT2D eigenvalue weighted by atomic mass is 32.1. The Labute approximate surface area is 147 Å². The van der Waals surface area contributed by atoms with Gasteiger partial charge in [0.2, 0.25) is 0 Å². The lowest BCUT2D eigenvalue weighted by molar-refractivity contribution is 0.0939. The van der Waals surface area contributed by atoms with Crippen LogP contribution in [0.2, 0.25) is 0 Å². The van der Waals surface area contributed by atoms with Crippen LogP contribution in [0.25, 0.3) is 0 Å². The number of amides is 1. The highest BCUT2D eigenvalue weighted by Crippen LogP contribution is 2.16.